The van der Waals surface area contributed by atoms with Crippen LogP contribution in [0.3, 0.4) is 0 Å². The molecule has 1 saturated heterocycles. The van der Waals surface area contributed by atoms with Gasteiger partial charge in [0, 0.05) is 11.7 Å². The number of sulfone groups is 1. The lowest BCUT2D eigenvalue weighted by molar-refractivity contribution is 0.0894. The second kappa shape index (κ2) is 9.01. The molecule has 3 aromatic heterocycles. The lowest BCUT2D eigenvalue weighted by Crippen LogP contribution is -2.51. The smallest absolute Gasteiger partial charge is 0.272 e. The number of pyridine rings is 2. The van der Waals surface area contributed by atoms with E-state index in [0.717, 1.165) is 0 Å². The second-order valence-electron chi connectivity index (χ2n) is 8.48. The Hall–Kier alpha value is -3.14. The number of fused-ring (bicyclic) bond motifs is 1. The van der Waals surface area contributed by atoms with Crippen LogP contribution in [0.1, 0.15) is 48.6 Å². The molecule has 33 heavy (non-hydrogen) atoms. The molecule has 4 heterocycles. The number of hydrogen-bond donors (Lipinski definition) is 1. The van der Waals surface area contributed by atoms with Crippen molar-refractivity contribution in [2.45, 2.75) is 45.8 Å². The van der Waals surface area contributed by atoms with Gasteiger partial charge in [0.05, 0.1) is 30.0 Å². The first-order valence-corrected chi connectivity index (χ1v) is 12.7. The van der Waals surface area contributed by atoms with Crippen LogP contribution in [0.5, 0.6) is 11.5 Å². The zero-order valence-electron chi connectivity index (χ0n) is 19.0. The number of nitrogens with one attached hydrogen (secondary N) is 1. The fourth-order valence-electron chi connectivity index (χ4n) is 3.86. The molecule has 4 rings (SSSR count). The van der Waals surface area contributed by atoms with Gasteiger partial charge in [-0.2, -0.15) is 0 Å². The summed E-state index contributed by atoms with van der Waals surface area (Å²) in [6.45, 7) is 6.39. The molecule has 1 amide bonds. The van der Waals surface area contributed by atoms with Gasteiger partial charge in [0.1, 0.15) is 45.0 Å². The molecule has 0 aliphatic carbocycles. The minimum absolute atomic E-state index is 0.0793. The summed E-state index contributed by atoms with van der Waals surface area (Å²) in [6, 6.07) is 7.25. The van der Waals surface area contributed by atoms with E-state index in [-0.39, 0.29) is 24.0 Å². The van der Waals surface area contributed by atoms with E-state index in [4.69, 9.17) is 9.47 Å². The monoisotopic (exact) mass is 472 g/mol. The number of aryl methyl sites for hydroxylation is 1. The van der Waals surface area contributed by atoms with Crippen LogP contribution in [0, 0.1) is 6.92 Å². The van der Waals surface area contributed by atoms with Crippen molar-refractivity contribution in [3.63, 3.8) is 0 Å². The van der Waals surface area contributed by atoms with E-state index in [2.05, 4.69) is 15.3 Å². The average Bonchev–Trinajstić information content (AvgIpc) is 3.12. The van der Waals surface area contributed by atoms with Crippen LogP contribution in [-0.4, -0.2) is 52.3 Å². The van der Waals surface area contributed by atoms with E-state index in [1.54, 1.807) is 28.9 Å². The summed E-state index contributed by atoms with van der Waals surface area (Å²) in [7, 11) is -3.02. The van der Waals surface area contributed by atoms with Gasteiger partial charge < -0.3 is 14.8 Å². The van der Waals surface area contributed by atoms with Gasteiger partial charge in [0.15, 0.2) is 0 Å². The highest BCUT2D eigenvalue weighted by atomic mass is 32.2. The molecule has 0 unspecified atom stereocenters. The number of ether oxygens (including phenoxy) is 2. The summed E-state index contributed by atoms with van der Waals surface area (Å²) in [6.07, 6.45) is 4.26. The molecular weight excluding hydrogens is 444 g/mol. The Morgan fingerprint density at radius 2 is 1.97 bits per heavy atom. The minimum Gasteiger partial charge on any atom is -0.492 e. The number of carbonyl (C=O) groups excluding carboxylic acids is 1. The van der Waals surface area contributed by atoms with Crippen molar-refractivity contribution in [3.8, 4) is 11.5 Å². The summed E-state index contributed by atoms with van der Waals surface area (Å²) in [5, 5.41) is 3.00. The number of carbonyl (C=O) groups is 1. The molecule has 176 valence electrons. The highest BCUT2D eigenvalue weighted by Gasteiger charge is 2.35. The first-order chi connectivity index (χ1) is 15.7. The fraction of sp³-hybridized carbons (Fsp3) is 0.435. The third-order valence-electron chi connectivity index (χ3n) is 5.91. The molecule has 1 fully saturated rings. The number of rotatable bonds is 7. The maximum atomic E-state index is 13.0. The molecule has 0 saturated carbocycles. The standard InChI is InChI=1S/C23H28N4O5S/c1-4-31-19-6-5-11-24-18(19)15-32-17-7-8-20-25-21(16(2)27(20)14-17)22(28)26-23(3)9-12-33(29,30)13-10-23/h5-8,11,14H,4,9-10,12-13,15H2,1-3H3,(H,26,28). The summed E-state index contributed by atoms with van der Waals surface area (Å²) in [4.78, 5) is 21.8. The number of nitrogens with zero attached hydrogens (tertiary/aromatic N) is 3. The molecule has 9 nitrogen and oxygen atoms in total. The van der Waals surface area contributed by atoms with Gasteiger partial charge in [0.25, 0.3) is 5.91 Å². The Morgan fingerprint density at radius 1 is 1.21 bits per heavy atom. The summed E-state index contributed by atoms with van der Waals surface area (Å²) in [5.41, 5.74) is 1.73. The molecule has 0 radical (unpaired) electrons. The topological polar surface area (TPSA) is 112 Å². The summed E-state index contributed by atoms with van der Waals surface area (Å²) in [5.74, 6) is 1.14. The molecule has 1 aliphatic heterocycles. The normalized spacial score (nSPS) is 16.9. The van der Waals surface area contributed by atoms with Gasteiger partial charge in [0.2, 0.25) is 0 Å². The quantitative estimate of drug-likeness (QED) is 0.563. The second-order valence-corrected chi connectivity index (χ2v) is 10.8. The SMILES string of the molecule is CCOc1cccnc1COc1ccc2nc(C(=O)NC3(C)CCS(=O)(=O)CC3)c(C)n2c1. The molecule has 3 aromatic rings. The van der Waals surface area contributed by atoms with Crippen LogP contribution in [0.25, 0.3) is 5.65 Å². The molecule has 0 atom stereocenters. The van der Waals surface area contributed by atoms with Crippen molar-refractivity contribution in [2.24, 2.45) is 0 Å². The van der Waals surface area contributed by atoms with E-state index in [9.17, 15) is 13.2 Å². The van der Waals surface area contributed by atoms with Crippen molar-refractivity contribution in [1.82, 2.24) is 19.7 Å². The predicted octanol–water partition coefficient (Wildman–Crippen LogP) is 2.71. The van der Waals surface area contributed by atoms with Gasteiger partial charge in [-0.3, -0.25) is 14.2 Å². The van der Waals surface area contributed by atoms with Crippen molar-refractivity contribution in [1.29, 1.82) is 0 Å². The Morgan fingerprint density at radius 3 is 2.70 bits per heavy atom. The molecule has 1 aliphatic rings. The minimum atomic E-state index is -3.02. The van der Waals surface area contributed by atoms with Crippen LogP contribution in [-0.2, 0) is 16.4 Å². The van der Waals surface area contributed by atoms with Crippen LogP contribution in [0.4, 0.5) is 0 Å². The Bertz CT molecular complexity index is 1270. The van der Waals surface area contributed by atoms with Gasteiger partial charge in [-0.1, -0.05) is 0 Å². The third-order valence-corrected chi connectivity index (χ3v) is 7.57. The predicted molar refractivity (Wildman–Crippen MR) is 123 cm³/mol. The van der Waals surface area contributed by atoms with E-state index >= 15 is 0 Å². The summed E-state index contributed by atoms with van der Waals surface area (Å²) < 4.78 is 36.8. The maximum absolute atomic E-state index is 13.0. The molecule has 1 N–H and O–H groups in total. The van der Waals surface area contributed by atoms with Crippen LogP contribution < -0.4 is 14.8 Å². The number of aromatic nitrogens is 3. The van der Waals surface area contributed by atoms with E-state index in [1.807, 2.05) is 32.9 Å². The Kier molecular flexibility index (Phi) is 6.29. The van der Waals surface area contributed by atoms with Crippen molar-refractivity contribution < 1.29 is 22.7 Å². The number of imidazole rings is 1. The van der Waals surface area contributed by atoms with Crippen LogP contribution in [0.2, 0.25) is 0 Å². The van der Waals surface area contributed by atoms with Gasteiger partial charge >= 0.3 is 0 Å². The summed E-state index contributed by atoms with van der Waals surface area (Å²) >= 11 is 0. The van der Waals surface area contributed by atoms with E-state index in [0.29, 0.717) is 53.7 Å². The fourth-order valence-corrected chi connectivity index (χ4v) is 5.59. The highest BCUT2D eigenvalue weighted by molar-refractivity contribution is 7.91. The van der Waals surface area contributed by atoms with Gasteiger partial charge in [-0.25, -0.2) is 13.4 Å². The Labute approximate surface area is 193 Å². The van der Waals surface area contributed by atoms with Crippen molar-refractivity contribution in [2.75, 3.05) is 18.1 Å². The first kappa shape index (κ1) is 23.0. The number of hydrogen-bond acceptors (Lipinski definition) is 7. The third kappa shape index (κ3) is 5.11. The molecule has 0 aromatic carbocycles. The Balaban J connectivity index is 1.50. The zero-order valence-corrected chi connectivity index (χ0v) is 19.8. The lowest BCUT2D eigenvalue weighted by atomic mass is 9.94. The van der Waals surface area contributed by atoms with Gasteiger partial charge in [-0.15, -0.1) is 0 Å². The zero-order chi connectivity index (χ0) is 23.6. The first-order valence-electron chi connectivity index (χ1n) is 10.9. The molecule has 10 heteroatoms. The highest BCUT2D eigenvalue weighted by Crippen LogP contribution is 2.25. The largest absolute Gasteiger partial charge is 0.492 e. The molecule has 0 bridgehead atoms. The van der Waals surface area contributed by atoms with Crippen molar-refractivity contribution >= 4 is 21.4 Å². The molecular formula is C23H28N4O5S. The molecule has 0 spiro atoms. The van der Waals surface area contributed by atoms with Crippen molar-refractivity contribution in [3.05, 3.63) is 53.7 Å². The maximum Gasteiger partial charge on any atom is 0.272 e. The number of amides is 1. The van der Waals surface area contributed by atoms with Gasteiger partial charge in [-0.05, 0) is 57.9 Å². The van der Waals surface area contributed by atoms with E-state index < -0.39 is 15.4 Å². The van der Waals surface area contributed by atoms with Crippen LogP contribution >= 0.6 is 0 Å². The average molecular weight is 473 g/mol. The van der Waals surface area contributed by atoms with Crippen LogP contribution in [0.15, 0.2) is 36.7 Å². The van der Waals surface area contributed by atoms with E-state index in [1.165, 1.54) is 0 Å². The lowest BCUT2D eigenvalue weighted by Gasteiger charge is -2.34.